The third kappa shape index (κ3) is 3.57. The van der Waals surface area contributed by atoms with Gasteiger partial charge in [0.2, 0.25) is 10.0 Å². The van der Waals surface area contributed by atoms with E-state index < -0.39 is 10.0 Å². The van der Waals surface area contributed by atoms with Crippen LogP contribution < -0.4 is 0 Å². The lowest BCUT2D eigenvalue weighted by atomic mass is 10.1. The summed E-state index contributed by atoms with van der Waals surface area (Å²) in [6.45, 7) is 4.51. The SMILES string of the molecule is CC(C)c1ccc(CN(C)S(C)(=O)=O)nc1. The zero-order valence-electron chi connectivity index (χ0n) is 10.1. The van der Waals surface area contributed by atoms with Crippen molar-refractivity contribution in [1.82, 2.24) is 9.29 Å². The van der Waals surface area contributed by atoms with Gasteiger partial charge in [0.05, 0.1) is 18.5 Å². The summed E-state index contributed by atoms with van der Waals surface area (Å²) in [5, 5.41) is 0. The van der Waals surface area contributed by atoms with E-state index in [2.05, 4.69) is 18.8 Å². The van der Waals surface area contributed by atoms with Gasteiger partial charge in [0.15, 0.2) is 0 Å². The predicted octanol–water partition coefficient (Wildman–Crippen LogP) is 1.60. The summed E-state index contributed by atoms with van der Waals surface area (Å²) in [5.74, 6) is 0.439. The fourth-order valence-corrected chi connectivity index (χ4v) is 1.58. The van der Waals surface area contributed by atoms with Crippen LogP contribution in [0.2, 0.25) is 0 Å². The minimum atomic E-state index is -3.13. The van der Waals surface area contributed by atoms with E-state index in [1.807, 2.05) is 12.1 Å². The lowest BCUT2D eigenvalue weighted by Crippen LogP contribution is -2.25. The molecule has 4 nitrogen and oxygen atoms in total. The number of pyridine rings is 1. The molecule has 0 fully saturated rings. The van der Waals surface area contributed by atoms with Crippen LogP contribution in [0.4, 0.5) is 0 Å². The molecule has 0 spiro atoms. The molecule has 0 amide bonds. The molecule has 0 bridgehead atoms. The molecule has 1 rings (SSSR count). The van der Waals surface area contributed by atoms with Crippen LogP contribution in [-0.4, -0.2) is 31.0 Å². The van der Waals surface area contributed by atoms with E-state index in [0.29, 0.717) is 12.5 Å². The van der Waals surface area contributed by atoms with Crippen LogP contribution in [0.25, 0.3) is 0 Å². The highest BCUT2D eigenvalue weighted by Gasteiger charge is 2.11. The summed E-state index contributed by atoms with van der Waals surface area (Å²) in [6, 6.07) is 3.86. The average Bonchev–Trinajstić information content (AvgIpc) is 2.17. The van der Waals surface area contributed by atoms with E-state index in [-0.39, 0.29) is 0 Å². The summed E-state index contributed by atoms with van der Waals surface area (Å²) in [6.07, 6.45) is 2.99. The van der Waals surface area contributed by atoms with Crippen LogP contribution in [0.3, 0.4) is 0 Å². The summed E-state index contributed by atoms with van der Waals surface area (Å²) in [7, 11) is -1.59. The van der Waals surface area contributed by atoms with Crippen LogP contribution in [0.15, 0.2) is 18.3 Å². The molecule has 0 aliphatic rings. The molecule has 0 aliphatic heterocycles. The largest absolute Gasteiger partial charge is 0.260 e. The highest BCUT2D eigenvalue weighted by Crippen LogP contribution is 2.13. The molecule has 0 N–H and O–H groups in total. The molecule has 0 radical (unpaired) electrons. The molecule has 0 aliphatic carbocycles. The third-order valence-electron chi connectivity index (χ3n) is 2.47. The Morgan fingerprint density at radius 3 is 2.38 bits per heavy atom. The highest BCUT2D eigenvalue weighted by molar-refractivity contribution is 7.88. The smallest absolute Gasteiger partial charge is 0.211 e. The first kappa shape index (κ1) is 13.1. The lowest BCUT2D eigenvalue weighted by molar-refractivity contribution is 0.467. The fraction of sp³-hybridized carbons (Fsp3) is 0.545. The molecule has 5 heteroatoms. The van der Waals surface area contributed by atoms with Gasteiger partial charge in [-0.15, -0.1) is 0 Å². The molecule has 0 aromatic carbocycles. The monoisotopic (exact) mass is 242 g/mol. The number of hydrogen-bond donors (Lipinski definition) is 0. The summed E-state index contributed by atoms with van der Waals surface area (Å²) >= 11 is 0. The van der Waals surface area contributed by atoms with Crippen molar-refractivity contribution in [2.45, 2.75) is 26.3 Å². The maximum absolute atomic E-state index is 11.2. The molecule has 90 valence electrons. The maximum atomic E-state index is 11.2. The summed E-state index contributed by atoms with van der Waals surface area (Å²) in [5.41, 5.74) is 1.92. The first-order valence-corrected chi connectivity index (χ1v) is 7.01. The zero-order valence-corrected chi connectivity index (χ0v) is 11.0. The van der Waals surface area contributed by atoms with E-state index in [0.717, 1.165) is 11.3 Å². The van der Waals surface area contributed by atoms with Gasteiger partial charge in [-0.25, -0.2) is 8.42 Å². The van der Waals surface area contributed by atoms with Crippen molar-refractivity contribution in [3.8, 4) is 0 Å². The Bertz CT molecular complexity index is 438. The van der Waals surface area contributed by atoms with Crippen molar-refractivity contribution in [1.29, 1.82) is 0 Å². The average molecular weight is 242 g/mol. The normalized spacial score (nSPS) is 12.4. The molecule has 0 saturated heterocycles. The molecule has 0 saturated carbocycles. The molecule has 0 atom stereocenters. The second-order valence-electron chi connectivity index (χ2n) is 4.26. The molecule has 1 aromatic rings. The topological polar surface area (TPSA) is 50.3 Å². The van der Waals surface area contributed by atoms with Gasteiger partial charge in [-0.1, -0.05) is 19.9 Å². The minimum absolute atomic E-state index is 0.317. The highest BCUT2D eigenvalue weighted by atomic mass is 32.2. The first-order chi connectivity index (χ1) is 7.30. The number of aromatic nitrogens is 1. The molecule has 1 heterocycles. The minimum Gasteiger partial charge on any atom is -0.260 e. The maximum Gasteiger partial charge on any atom is 0.211 e. The lowest BCUT2D eigenvalue weighted by Gasteiger charge is -2.13. The Kier molecular flexibility index (Phi) is 4.04. The molecule has 0 unspecified atom stereocenters. The number of nitrogens with zero attached hydrogens (tertiary/aromatic N) is 2. The zero-order chi connectivity index (χ0) is 12.3. The van der Waals surface area contributed by atoms with Gasteiger partial charge >= 0.3 is 0 Å². The second kappa shape index (κ2) is 4.93. The number of sulfonamides is 1. The van der Waals surface area contributed by atoms with Gasteiger partial charge in [-0.3, -0.25) is 4.98 Å². The van der Waals surface area contributed by atoms with E-state index in [1.165, 1.54) is 10.6 Å². The molecular weight excluding hydrogens is 224 g/mol. The summed E-state index contributed by atoms with van der Waals surface area (Å²) in [4.78, 5) is 4.25. The van der Waals surface area contributed by atoms with Gasteiger partial charge in [-0.2, -0.15) is 4.31 Å². The van der Waals surface area contributed by atoms with Crippen LogP contribution in [0, 0.1) is 0 Å². The van der Waals surface area contributed by atoms with Crippen LogP contribution >= 0.6 is 0 Å². The van der Waals surface area contributed by atoms with Gasteiger partial charge in [0.1, 0.15) is 0 Å². The van der Waals surface area contributed by atoms with Crippen molar-refractivity contribution >= 4 is 10.0 Å². The van der Waals surface area contributed by atoms with E-state index in [9.17, 15) is 8.42 Å². The molecular formula is C11H18N2O2S. The molecule has 1 aromatic heterocycles. The van der Waals surface area contributed by atoms with Crippen molar-refractivity contribution < 1.29 is 8.42 Å². The van der Waals surface area contributed by atoms with Crippen molar-refractivity contribution in [2.75, 3.05) is 13.3 Å². The number of rotatable bonds is 4. The molecule has 16 heavy (non-hydrogen) atoms. The van der Waals surface area contributed by atoms with Crippen molar-refractivity contribution in [3.63, 3.8) is 0 Å². The predicted molar refractivity (Wildman–Crippen MR) is 64.6 cm³/mol. The van der Waals surface area contributed by atoms with Crippen LogP contribution in [-0.2, 0) is 16.6 Å². The second-order valence-corrected chi connectivity index (χ2v) is 6.35. The van der Waals surface area contributed by atoms with E-state index >= 15 is 0 Å². The van der Waals surface area contributed by atoms with Crippen LogP contribution in [0.1, 0.15) is 31.0 Å². The Hall–Kier alpha value is -0.940. The Balaban J connectivity index is 2.77. The number of hydrogen-bond acceptors (Lipinski definition) is 3. The first-order valence-electron chi connectivity index (χ1n) is 5.17. The summed E-state index contributed by atoms with van der Waals surface area (Å²) < 4.78 is 23.7. The Morgan fingerprint density at radius 1 is 1.38 bits per heavy atom. The Morgan fingerprint density at radius 2 is 2.00 bits per heavy atom. The van der Waals surface area contributed by atoms with E-state index in [4.69, 9.17) is 0 Å². The van der Waals surface area contributed by atoms with Crippen molar-refractivity contribution in [3.05, 3.63) is 29.6 Å². The quantitative estimate of drug-likeness (QED) is 0.805. The standard InChI is InChI=1S/C11H18N2O2S/c1-9(2)10-5-6-11(12-7-10)8-13(3)16(4,14)15/h5-7,9H,8H2,1-4H3. The fourth-order valence-electron chi connectivity index (χ4n) is 1.22. The third-order valence-corrected chi connectivity index (χ3v) is 3.73. The van der Waals surface area contributed by atoms with Gasteiger partial charge in [0.25, 0.3) is 0 Å². The van der Waals surface area contributed by atoms with E-state index in [1.54, 1.807) is 13.2 Å². The van der Waals surface area contributed by atoms with Gasteiger partial charge in [0, 0.05) is 13.2 Å². The Labute approximate surface area is 97.4 Å². The van der Waals surface area contributed by atoms with Crippen molar-refractivity contribution in [2.24, 2.45) is 0 Å². The van der Waals surface area contributed by atoms with Crippen LogP contribution in [0.5, 0.6) is 0 Å². The van der Waals surface area contributed by atoms with Gasteiger partial charge in [-0.05, 0) is 17.5 Å². The van der Waals surface area contributed by atoms with Gasteiger partial charge < -0.3 is 0 Å².